The van der Waals surface area contributed by atoms with Gasteiger partial charge in [0.1, 0.15) is 14.9 Å². The Bertz CT molecular complexity index is 885. The van der Waals surface area contributed by atoms with Crippen molar-refractivity contribution in [3.8, 4) is 17.1 Å². The minimum absolute atomic E-state index is 0.0000125. The molecule has 0 saturated carbocycles. The van der Waals surface area contributed by atoms with Crippen LogP contribution in [-0.4, -0.2) is 5.11 Å². The van der Waals surface area contributed by atoms with Gasteiger partial charge < -0.3 is 9.52 Å². The number of fused-ring (bicyclic) bond motifs is 2. The Labute approximate surface area is 168 Å². The molecule has 102 valence electrons. The third-order valence-electron chi connectivity index (χ3n) is 2.83. The van der Waals surface area contributed by atoms with Crippen molar-refractivity contribution in [3.05, 3.63) is 42.7 Å². The zero-order valence-electron chi connectivity index (χ0n) is 9.51. The first-order chi connectivity index (χ1) is 9.40. The molecule has 0 unspecified atom stereocenters. The predicted octanol–water partition coefficient (Wildman–Crippen LogP) is 5.02. The molecule has 1 heterocycles. The van der Waals surface area contributed by atoms with Gasteiger partial charge >= 0.3 is 0 Å². The third kappa shape index (κ3) is 2.45. The first-order valence-electron chi connectivity index (χ1n) is 5.32. The standard InChI is InChI=1S/C13H4I4O3/c14-7-3-5(18)1-4-2-6-8(15)9(16)11(19)10(17)13(6)20-12(4)7/h1-3,18H. The SMILES string of the molecule is O=c1c(I)c2oc3c(I)cc(O)cc3cc-2c(I)c1I. The van der Waals surface area contributed by atoms with Gasteiger partial charge in [-0.25, -0.2) is 0 Å². The Morgan fingerprint density at radius 3 is 2.35 bits per heavy atom. The van der Waals surface area contributed by atoms with Gasteiger partial charge in [0.25, 0.3) is 0 Å². The van der Waals surface area contributed by atoms with Crippen LogP contribution in [0, 0.1) is 14.3 Å². The van der Waals surface area contributed by atoms with E-state index in [0.29, 0.717) is 18.5 Å². The lowest BCUT2D eigenvalue weighted by atomic mass is 10.1. The fraction of sp³-hybridized carbons (Fsp3) is 0. The van der Waals surface area contributed by atoms with Gasteiger partial charge in [0.15, 0.2) is 5.76 Å². The molecule has 0 aromatic heterocycles. The first-order valence-corrected chi connectivity index (χ1v) is 9.64. The number of hydrogen-bond donors (Lipinski definition) is 1. The van der Waals surface area contributed by atoms with E-state index in [2.05, 4.69) is 67.8 Å². The van der Waals surface area contributed by atoms with Gasteiger partial charge in [0, 0.05) is 14.5 Å². The highest BCUT2D eigenvalue weighted by Crippen LogP contribution is 2.37. The molecule has 0 bridgehead atoms. The predicted molar refractivity (Wildman–Crippen MR) is 112 cm³/mol. The second-order valence-electron chi connectivity index (χ2n) is 4.11. The summed E-state index contributed by atoms with van der Waals surface area (Å²) in [5, 5.41) is 10.5. The molecular weight excluding hydrogens is 712 g/mol. The Kier molecular flexibility index (Phi) is 4.41. The fourth-order valence-electron chi connectivity index (χ4n) is 1.94. The van der Waals surface area contributed by atoms with Gasteiger partial charge in [-0.15, -0.1) is 0 Å². The molecule has 1 aliphatic carbocycles. The smallest absolute Gasteiger partial charge is 0.210 e. The molecule has 1 aromatic carbocycles. The monoisotopic (exact) mass is 716 g/mol. The fourth-order valence-corrected chi connectivity index (χ4v) is 5.07. The van der Waals surface area contributed by atoms with Crippen molar-refractivity contribution in [2.45, 2.75) is 0 Å². The van der Waals surface area contributed by atoms with Gasteiger partial charge in [-0.05, 0) is 109 Å². The highest BCUT2D eigenvalue weighted by Gasteiger charge is 2.22. The van der Waals surface area contributed by atoms with Crippen LogP contribution in [0.2, 0.25) is 0 Å². The summed E-state index contributed by atoms with van der Waals surface area (Å²) < 4.78 is 8.93. The molecule has 0 saturated heterocycles. The maximum atomic E-state index is 12.2. The van der Waals surface area contributed by atoms with E-state index in [9.17, 15) is 9.90 Å². The average Bonchev–Trinajstić information content (AvgIpc) is 2.41. The summed E-state index contributed by atoms with van der Waals surface area (Å²) in [6, 6.07) is 5.27. The molecule has 1 aliphatic heterocycles. The topological polar surface area (TPSA) is 50.4 Å². The Morgan fingerprint density at radius 2 is 1.65 bits per heavy atom. The number of halogens is 4. The minimum Gasteiger partial charge on any atom is -0.508 e. The van der Waals surface area contributed by atoms with Crippen molar-refractivity contribution in [1.82, 2.24) is 0 Å². The van der Waals surface area contributed by atoms with E-state index in [0.717, 1.165) is 18.1 Å². The number of hydrogen-bond acceptors (Lipinski definition) is 3. The summed E-state index contributed by atoms with van der Waals surface area (Å²) in [6.45, 7) is 0. The molecule has 7 heteroatoms. The maximum Gasteiger partial charge on any atom is 0.210 e. The number of phenolic OH excluding ortho intramolecular Hbond substituents is 1. The molecule has 0 atom stereocenters. The number of rotatable bonds is 0. The van der Waals surface area contributed by atoms with Crippen LogP contribution in [0.25, 0.3) is 22.3 Å². The van der Waals surface area contributed by atoms with Crippen LogP contribution in [-0.2, 0) is 0 Å². The normalized spacial score (nSPS) is 11.4. The zero-order valence-corrected chi connectivity index (χ0v) is 18.1. The summed E-state index contributed by atoms with van der Waals surface area (Å²) in [5.74, 6) is 0.813. The minimum atomic E-state index is -0.0000125. The largest absolute Gasteiger partial charge is 0.508 e. The van der Waals surface area contributed by atoms with Crippen molar-refractivity contribution in [2.24, 2.45) is 0 Å². The van der Waals surface area contributed by atoms with Crippen molar-refractivity contribution in [3.63, 3.8) is 0 Å². The van der Waals surface area contributed by atoms with E-state index in [1.807, 2.05) is 28.7 Å². The van der Waals surface area contributed by atoms with Crippen molar-refractivity contribution >= 4 is 101 Å². The van der Waals surface area contributed by atoms with Crippen LogP contribution >= 0.6 is 90.4 Å². The highest BCUT2D eigenvalue weighted by molar-refractivity contribution is 14.1. The molecule has 0 radical (unpaired) electrons. The van der Waals surface area contributed by atoms with E-state index >= 15 is 0 Å². The van der Waals surface area contributed by atoms with Crippen molar-refractivity contribution in [1.29, 1.82) is 0 Å². The quantitative estimate of drug-likeness (QED) is 0.202. The third-order valence-corrected chi connectivity index (χ3v) is 7.80. The molecule has 1 aromatic rings. The number of phenols is 1. The molecule has 3 nitrogen and oxygen atoms in total. The lowest BCUT2D eigenvalue weighted by Gasteiger charge is -2.13. The number of benzene rings is 2. The van der Waals surface area contributed by atoms with E-state index in [1.165, 1.54) is 0 Å². The van der Waals surface area contributed by atoms with E-state index < -0.39 is 0 Å². The lowest BCUT2D eigenvalue weighted by molar-refractivity contribution is 0.475. The summed E-state index contributed by atoms with van der Waals surface area (Å²) in [6.07, 6.45) is 0. The summed E-state index contributed by atoms with van der Waals surface area (Å²) in [4.78, 5) is 12.2. The molecule has 3 rings (SSSR count). The highest BCUT2D eigenvalue weighted by atomic mass is 127. The average molecular weight is 716 g/mol. The molecule has 1 N–H and O–H groups in total. The van der Waals surface area contributed by atoms with E-state index in [4.69, 9.17) is 4.42 Å². The Balaban J connectivity index is 2.59. The van der Waals surface area contributed by atoms with Crippen LogP contribution in [0.4, 0.5) is 0 Å². The van der Waals surface area contributed by atoms with Gasteiger partial charge in [-0.3, -0.25) is 4.79 Å². The lowest BCUT2D eigenvalue weighted by Crippen LogP contribution is -2.14. The molecule has 2 aliphatic rings. The molecular formula is C13H4I4O3. The molecule has 20 heavy (non-hydrogen) atoms. The summed E-state index contributed by atoms with van der Waals surface area (Å²) in [5.41, 5.74) is 1.58. The maximum absolute atomic E-state index is 12.2. The first kappa shape index (κ1) is 15.5. The number of aromatic hydroxyl groups is 1. The second kappa shape index (κ2) is 5.68. The van der Waals surface area contributed by atoms with Gasteiger partial charge in [0.05, 0.1) is 7.14 Å². The van der Waals surface area contributed by atoms with Crippen molar-refractivity contribution in [2.75, 3.05) is 0 Å². The van der Waals surface area contributed by atoms with Crippen LogP contribution in [0.1, 0.15) is 0 Å². The van der Waals surface area contributed by atoms with Crippen molar-refractivity contribution < 1.29 is 9.52 Å². The van der Waals surface area contributed by atoms with Gasteiger partial charge in [-0.1, -0.05) is 0 Å². The zero-order chi connectivity index (χ0) is 14.6. The second-order valence-corrected chi connectivity index (χ2v) is 8.50. The summed E-state index contributed by atoms with van der Waals surface area (Å²) in [7, 11) is 0. The van der Waals surface area contributed by atoms with Crippen LogP contribution in [0.5, 0.6) is 5.75 Å². The van der Waals surface area contributed by atoms with Gasteiger partial charge in [-0.2, -0.15) is 0 Å². The molecule has 0 spiro atoms. The molecule has 0 fully saturated rings. The van der Waals surface area contributed by atoms with Crippen LogP contribution < -0.4 is 5.43 Å². The van der Waals surface area contributed by atoms with E-state index in [1.54, 1.807) is 12.1 Å². The summed E-state index contributed by atoms with van der Waals surface area (Å²) >= 11 is 8.37. The van der Waals surface area contributed by atoms with Crippen LogP contribution in [0.3, 0.4) is 0 Å². The Hall–Kier alpha value is 0.630. The molecule has 0 amide bonds. The van der Waals surface area contributed by atoms with Gasteiger partial charge in [0.2, 0.25) is 5.43 Å². The van der Waals surface area contributed by atoms with E-state index in [-0.39, 0.29) is 11.2 Å². The van der Waals surface area contributed by atoms with Crippen LogP contribution in [0.15, 0.2) is 27.4 Å². The Morgan fingerprint density at radius 1 is 0.950 bits per heavy atom.